The van der Waals surface area contributed by atoms with E-state index in [0.29, 0.717) is 16.8 Å². The molecular formula is C21H27ClN8O5S. The second-order valence-corrected chi connectivity index (χ2v) is 11.0. The van der Waals surface area contributed by atoms with E-state index in [9.17, 15) is 8.42 Å². The lowest BCUT2D eigenvalue weighted by Crippen LogP contribution is -2.33. The Morgan fingerprint density at radius 3 is 2.19 bits per heavy atom. The van der Waals surface area contributed by atoms with E-state index in [-0.39, 0.29) is 35.1 Å². The Labute approximate surface area is 213 Å². The highest BCUT2D eigenvalue weighted by molar-refractivity contribution is 7.93. The summed E-state index contributed by atoms with van der Waals surface area (Å²) in [7, 11) is 0.174. The van der Waals surface area contributed by atoms with Crippen LogP contribution in [0, 0.1) is 5.92 Å². The summed E-state index contributed by atoms with van der Waals surface area (Å²) >= 11 is 5.87. The molecule has 3 heterocycles. The number of nitrogens with zero attached hydrogens (tertiary/aromatic N) is 7. The fraction of sp³-hybridized carbons (Fsp3) is 0.524. The third kappa shape index (κ3) is 4.92. The molecule has 194 valence electrons. The van der Waals surface area contributed by atoms with Crippen LogP contribution in [-0.4, -0.2) is 69.7 Å². The quantitative estimate of drug-likeness (QED) is 0.404. The summed E-state index contributed by atoms with van der Waals surface area (Å²) in [5.74, 6) is 1.58. The van der Waals surface area contributed by atoms with Gasteiger partial charge in [-0.2, -0.15) is 9.97 Å². The number of ether oxygens (including phenoxy) is 3. The first kappa shape index (κ1) is 26.0. The molecule has 1 aliphatic rings. The van der Waals surface area contributed by atoms with E-state index in [1.54, 1.807) is 4.57 Å². The van der Waals surface area contributed by atoms with Gasteiger partial charge in [-0.05, 0) is 25.7 Å². The Balaban J connectivity index is 1.76. The van der Waals surface area contributed by atoms with Gasteiger partial charge in [-0.3, -0.25) is 9.29 Å². The Morgan fingerprint density at radius 1 is 1.06 bits per heavy atom. The van der Waals surface area contributed by atoms with Crippen LogP contribution in [0.2, 0.25) is 5.02 Å². The molecule has 2 atom stereocenters. The third-order valence-electron chi connectivity index (χ3n) is 6.09. The maximum atomic E-state index is 13.5. The standard InChI is InChI=1S/C21H27ClN8O5S/c1-11-6-13(7-11)18-27-28-21(30(18)15-19(34-4)25-10-26-20(15)35-5)29-36(31,32)12(2)16(33-3)17-23-8-14(22)9-24-17/h8-13,16H,6-7H2,1-5H3,(H,28,29)/t11-,12-,13+,16-/m0/s1. The molecule has 0 aromatic carbocycles. The normalized spacial score (nSPS) is 19.3. The Morgan fingerprint density at radius 2 is 1.67 bits per heavy atom. The van der Waals surface area contributed by atoms with Gasteiger partial charge in [0.25, 0.3) is 0 Å². The van der Waals surface area contributed by atoms with Crippen LogP contribution in [-0.2, 0) is 14.8 Å². The van der Waals surface area contributed by atoms with Gasteiger partial charge in [0.15, 0.2) is 11.5 Å². The van der Waals surface area contributed by atoms with Crippen molar-refractivity contribution in [1.82, 2.24) is 34.7 Å². The molecule has 1 aliphatic carbocycles. The summed E-state index contributed by atoms with van der Waals surface area (Å²) in [4.78, 5) is 16.6. The summed E-state index contributed by atoms with van der Waals surface area (Å²) in [6.07, 6.45) is 4.81. The molecule has 0 saturated heterocycles. The molecule has 0 amide bonds. The van der Waals surface area contributed by atoms with Crippen molar-refractivity contribution in [2.24, 2.45) is 5.92 Å². The Bertz CT molecular complexity index is 1290. The van der Waals surface area contributed by atoms with Crippen LogP contribution in [0.1, 0.15) is 50.4 Å². The smallest absolute Gasteiger partial charge is 0.245 e. The first-order valence-corrected chi connectivity index (χ1v) is 13.0. The van der Waals surface area contributed by atoms with Crippen molar-refractivity contribution in [1.29, 1.82) is 0 Å². The number of rotatable bonds is 10. The second-order valence-electron chi connectivity index (χ2n) is 8.50. The average Bonchev–Trinajstić information content (AvgIpc) is 3.24. The molecule has 1 fully saturated rings. The fourth-order valence-corrected chi connectivity index (χ4v) is 5.39. The van der Waals surface area contributed by atoms with Gasteiger partial charge >= 0.3 is 0 Å². The van der Waals surface area contributed by atoms with Gasteiger partial charge in [-0.1, -0.05) is 18.5 Å². The molecule has 4 rings (SSSR count). The van der Waals surface area contributed by atoms with Gasteiger partial charge in [0.05, 0.1) is 19.2 Å². The van der Waals surface area contributed by atoms with Crippen molar-refractivity contribution < 1.29 is 22.6 Å². The van der Waals surface area contributed by atoms with Gasteiger partial charge in [-0.15, -0.1) is 10.2 Å². The molecule has 1 N–H and O–H groups in total. The average molecular weight is 539 g/mol. The van der Waals surface area contributed by atoms with Gasteiger partial charge in [0, 0.05) is 25.4 Å². The summed E-state index contributed by atoms with van der Waals surface area (Å²) in [6, 6.07) is 0. The minimum atomic E-state index is -4.10. The van der Waals surface area contributed by atoms with Crippen LogP contribution in [0.3, 0.4) is 0 Å². The lowest BCUT2D eigenvalue weighted by Gasteiger charge is -2.32. The van der Waals surface area contributed by atoms with Crippen molar-refractivity contribution in [3.05, 3.63) is 35.4 Å². The number of sulfonamides is 1. The molecule has 0 bridgehead atoms. The van der Waals surface area contributed by atoms with Crippen molar-refractivity contribution in [3.8, 4) is 17.4 Å². The van der Waals surface area contributed by atoms with Crippen LogP contribution in [0.4, 0.5) is 5.95 Å². The van der Waals surface area contributed by atoms with Crippen LogP contribution in [0.5, 0.6) is 11.8 Å². The molecule has 0 radical (unpaired) electrons. The number of methoxy groups -OCH3 is 3. The zero-order chi connectivity index (χ0) is 26.0. The molecule has 15 heteroatoms. The highest BCUT2D eigenvalue weighted by Crippen LogP contribution is 2.43. The monoisotopic (exact) mass is 538 g/mol. The van der Waals surface area contributed by atoms with E-state index in [4.69, 9.17) is 25.8 Å². The van der Waals surface area contributed by atoms with E-state index in [1.807, 2.05) is 0 Å². The van der Waals surface area contributed by atoms with Crippen LogP contribution < -0.4 is 14.2 Å². The zero-order valence-corrected chi connectivity index (χ0v) is 22.0. The SMILES string of the molecule is COc1ncnc(OC)c1-n1c(NS(=O)(=O)[C@@H](C)[C@H](OC)c2ncc(Cl)cn2)nnc1[C@H]1C[C@@H](C)C1. The largest absolute Gasteiger partial charge is 0.479 e. The fourth-order valence-electron chi connectivity index (χ4n) is 4.16. The van der Waals surface area contributed by atoms with Gasteiger partial charge < -0.3 is 14.2 Å². The highest BCUT2D eigenvalue weighted by atomic mass is 35.5. The molecule has 1 saturated carbocycles. The molecule has 3 aromatic heterocycles. The Hall–Kier alpha value is -3.10. The van der Waals surface area contributed by atoms with Crippen molar-refractivity contribution in [2.75, 3.05) is 26.1 Å². The Kier molecular flexibility index (Phi) is 7.57. The van der Waals surface area contributed by atoms with E-state index in [0.717, 1.165) is 12.8 Å². The highest BCUT2D eigenvalue weighted by Gasteiger charge is 2.38. The molecule has 0 aliphatic heterocycles. The number of halogens is 1. The van der Waals surface area contributed by atoms with Crippen molar-refractivity contribution in [2.45, 2.75) is 44.0 Å². The summed E-state index contributed by atoms with van der Waals surface area (Å²) in [6.45, 7) is 3.62. The predicted molar refractivity (Wildman–Crippen MR) is 130 cm³/mol. The molecule has 13 nitrogen and oxygen atoms in total. The van der Waals surface area contributed by atoms with Gasteiger partial charge in [0.1, 0.15) is 23.5 Å². The number of hydrogen-bond acceptors (Lipinski definition) is 11. The maximum Gasteiger partial charge on any atom is 0.245 e. The van der Waals surface area contributed by atoms with E-state index >= 15 is 0 Å². The molecule has 3 aromatic rings. The zero-order valence-electron chi connectivity index (χ0n) is 20.4. The predicted octanol–water partition coefficient (Wildman–Crippen LogP) is 2.55. The molecular weight excluding hydrogens is 512 g/mol. The van der Waals surface area contributed by atoms with E-state index in [1.165, 1.54) is 47.0 Å². The molecule has 36 heavy (non-hydrogen) atoms. The molecule has 0 unspecified atom stereocenters. The first-order chi connectivity index (χ1) is 17.2. The van der Waals surface area contributed by atoms with Crippen molar-refractivity contribution >= 4 is 27.6 Å². The summed E-state index contributed by atoms with van der Waals surface area (Å²) in [5, 5.41) is 7.71. The topological polar surface area (TPSA) is 156 Å². The van der Waals surface area contributed by atoms with Crippen LogP contribution >= 0.6 is 11.6 Å². The summed E-state index contributed by atoms with van der Waals surface area (Å²) < 4.78 is 47.4. The summed E-state index contributed by atoms with van der Waals surface area (Å²) in [5.41, 5.74) is 0.289. The van der Waals surface area contributed by atoms with E-state index < -0.39 is 21.4 Å². The first-order valence-electron chi connectivity index (χ1n) is 11.1. The minimum Gasteiger partial charge on any atom is -0.479 e. The number of aromatic nitrogens is 7. The number of nitrogens with one attached hydrogen (secondary N) is 1. The van der Waals surface area contributed by atoms with Crippen LogP contribution in [0.25, 0.3) is 5.69 Å². The maximum absolute atomic E-state index is 13.5. The molecule has 0 spiro atoms. The third-order valence-corrected chi connectivity index (χ3v) is 7.98. The lowest BCUT2D eigenvalue weighted by molar-refractivity contribution is 0.0950. The lowest BCUT2D eigenvalue weighted by atomic mass is 9.75. The second kappa shape index (κ2) is 10.5. The number of hydrogen-bond donors (Lipinski definition) is 1. The van der Waals surface area contributed by atoms with Crippen molar-refractivity contribution in [3.63, 3.8) is 0 Å². The van der Waals surface area contributed by atoms with E-state index in [2.05, 4.69) is 41.8 Å². The minimum absolute atomic E-state index is 0.0605. The van der Waals surface area contributed by atoms with Gasteiger partial charge in [0.2, 0.25) is 27.7 Å². The number of anilines is 1. The van der Waals surface area contributed by atoms with Gasteiger partial charge in [-0.25, -0.2) is 18.4 Å². The van der Waals surface area contributed by atoms with Crippen LogP contribution in [0.15, 0.2) is 18.7 Å².